The van der Waals surface area contributed by atoms with Crippen LogP contribution in [0.15, 0.2) is 12.1 Å². The summed E-state index contributed by atoms with van der Waals surface area (Å²) in [5.74, 6) is -1.72. The van der Waals surface area contributed by atoms with Crippen LogP contribution in [-0.2, 0) is 20.7 Å². The summed E-state index contributed by atoms with van der Waals surface area (Å²) in [7, 11) is 1.13. The molecule has 0 aliphatic heterocycles. The number of benzene rings is 1. The number of hydrogen-bond acceptors (Lipinski definition) is 7. The van der Waals surface area contributed by atoms with Crippen molar-refractivity contribution in [3.8, 4) is 11.5 Å². The minimum atomic E-state index is -1.80. The van der Waals surface area contributed by atoms with Crippen LogP contribution in [0, 0.1) is 0 Å². The quantitative estimate of drug-likeness (QED) is 0.256. The Labute approximate surface area is 152 Å². The van der Waals surface area contributed by atoms with Gasteiger partial charge in [-0.3, -0.25) is 0 Å². The van der Waals surface area contributed by atoms with Crippen molar-refractivity contribution in [3.63, 3.8) is 0 Å². The number of nitrogens with two attached hydrogens (primary N) is 1. The molecule has 0 aliphatic carbocycles. The molecule has 0 aromatic heterocycles. The Hall–Kier alpha value is -1.77. The van der Waals surface area contributed by atoms with Crippen LogP contribution in [0.1, 0.15) is 5.56 Å². The summed E-state index contributed by atoms with van der Waals surface area (Å²) in [6, 6.07) is 1.37. The fourth-order valence-corrected chi connectivity index (χ4v) is 1.89. The molecule has 1 aromatic rings. The molecule has 1 amide bonds. The van der Waals surface area contributed by atoms with E-state index in [2.05, 4.69) is 14.8 Å². The molecule has 8 nitrogen and oxygen atoms in total. The highest BCUT2D eigenvalue weighted by Crippen LogP contribution is 2.32. The number of nitrogens with one attached hydrogen (secondary N) is 1. The normalized spacial score (nSPS) is 12.3. The third kappa shape index (κ3) is 6.38. The molecule has 0 radical (unpaired) electrons. The number of alkyl carbamates (subject to hydrolysis) is 1. The zero-order chi connectivity index (χ0) is 18.5. The Bertz CT molecular complexity index is 597. The number of alkyl halides is 3. The van der Waals surface area contributed by atoms with Gasteiger partial charge in [0.25, 0.3) is 0 Å². The zero-order valence-electron chi connectivity index (χ0n) is 12.4. The summed E-state index contributed by atoms with van der Waals surface area (Å²) in [4.78, 5) is 23.4. The SMILES string of the molecule is COC(=O)[C@H](Cc1cc(N)c(O)c(O)c1)NC(=O)OCC(Cl)(Cl)Cl. The number of ether oxygens (including phenoxy) is 2. The maximum atomic E-state index is 11.8. The van der Waals surface area contributed by atoms with E-state index in [9.17, 15) is 19.8 Å². The van der Waals surface area contributed by atoms with E-state index in [1.54, 1.807) is 0 Å². The lowest BCUT2D eigenvalue weighted by Crippen LogP contribution is -2.43. The molecule has 5 N–H and O–H groups in total. The second kappa shape index (κ2) is 8.36. The fraction of sp³-hybridized carbons (Fsp3) is 0.385. The topological polar surface area (TPSA) is 131 Å². The third-order valence-corrected chi connectivity index (χ3v) is 3.09. The Morgan fingerprint density at radius 2 is 1.96 bits per heavy atom. The molecular weight excluding hydrogens is 387 g/mol. The predicted molar refractivity (Wildman–Crippen MR) is 88.5 cm³/mol. The monoisotopic (exact) mass is 400 g/mol. The Kier molecular flexibility index (Phi) is 7.07. The minimum absolute atomic E-state index is 0.0897. The van der Waals surface area contributed by atoms with Crippen LogP contribution in [0.2, 0.25) is 0 Å². The molecule has 0 saturated heterocycles. The van der Waals surface area contributed by atoms with Gasteiger partial charge in [-0.15, -0.1) is 0 Å². The third-order valence-electron chi connectivity index (χ3n) is 2.76. The van der Waals surface area contributed by atoms with Crippen LogP contribution < -0.4 is 11.1 Å². The molecule has 24 heavy (non-hydrogen) atoms. The molecule has 134 valence electrons. The number of anilines is 1. The summed E-state index contributed by atoms with van der Waals surface area (Å²) in [6.07, 6.45) is -1.10. The maximum absolute atomic E-state index is 11.8. The van der Waals surface area contributed by atoms with E-state index in [0.717, 1.165) is 7.11 Å². The molecular formula is C13H15Cl3N2O6. The number of nitrogen functional groups attached to an aromatic ring is 1. The molecule has 0 unspecified atom stereocenters. The van der Waals surface area contributed by atoms with E-state index in [-0.39, 0.29) is 12.1 Å². The molecule has 0 aliphatic rings. The number of carbonyl (C=O) groups is 2. The van der Waals surface area contributed by atoms with Crippen molar-refractivity contribution < 1.29 is 29.3 Å². The van der Waals surface area contributed by atoms with Crippen molar-refractivity contribution >= 4 is 52.6 Å². The van der Waals surface area contributed by atoms with Crippen LogP contribution in [0.5, 0.6) is 11.5 Å². The summed E-state index contributed by atoms with van der Waals surface area (Å²) in [5.41, 5.74) is 5.79. The van der Waals surface area contributed by atoms with Crippen LogP contribution in [0.4, 0.5) is 10.5 Å². The van der Waals surface area contributed by atoms with Gasteiger partial charge >= 0.3 is 12.1 Å². The van der Waals surface area contributed by atoms with E-state index < -0.39 is 40.0 Å². The number of aromatic hydroxyl groups is 2. The van der Waals surface area contributed by atoms with Gasteiger partial charge < -0.3 is 30.7 Å². The van der Waals surface area contributed by atoms with E-state index in [4.69, 9.17) is 40.5 Å². The lowest BCUT2D eigenvalue weighted by Gasteiger charge is -2.18. The van der Waals surface area contributed by atoms with Crippen molar-refractivity contribution in [1.82, 2.24) is 5.32 Å². The molecule has 0 bridgehead atoms. The van der Waals surface area contributed by atoms with Crippen LogP contribution in [-0.4, -0.2) is 45.8 Å². The second-order valence-electron chi connectivity index (χ2n) is 4.67. The first-order valence-electron chi connectivity index (χ1n) is 6.41. The summed E-state index contributed by atoms with van der Waals surface area (Å²) < 4.78 is 7.46. The molecule has 0 saturated carbocycles. The fourth-order valence-electron chi connectivity index (χ4n) is 1.72. The van der Waals surface area contributed by atoms with Gasteiger partial charge in [0.2, 0.25) is 3.79 Å². The zero-order valence-corrected chi connectivity index (χ0v) is 14.7. The number of phenols is 2. The summed E-state index contributed by atoms with van der Waals surface area (Å²) in [6.45, 7) is -0.523. The number of esters is 1. The smallest absolute Gasteiger partial charge is 0.408 e. The molecule has 0 spiro atoms. The van der Waals surface area contributed by atoms with Gasteiger partial charge in [-0.05, 0) is 17.7 Å². The van der Waals surface area contributed by atoms with E-state index in [1.807, 2.05) is 0 Å². The van der Waals surface area contributed by atoms with Crippen molar-refractivity contribution in [3.05, 3.63) is 17.7 Å². The maximum Gasteiger partial charge on any atom is 0.408 e. The van der Waals surface area contributed by atoms with Gasteiger partial charge in [0, 0.05) is 6.42 Å². The van der Waals surface area contributed by atoms with Crippen LogP contribution >= 0.6 is 34.8 Å². The molecule has 0 heterocycles. The van der Waals surface area contributed by atoms with Crippen molar-refractivity contribution in [2.24, 2.45) is 0 Å². The number of phenolic OH excluding ortho intramolecular Hbond substituents is 2. The van der Waals surface area contributed by atoms with E-state index in [1.165, 1.54) is 12.1 Å². The molecule has 1 atom stereocenters. The van der Waals surface area contributed by atoms with Gasteiger partial charge in [-0.2, -0.15) is 0 Å². The van der Waals surface area contributed by atoms with Crippen molar-refractivity contribution in [2.75, 3.05) is 19.5 Å². The lowest BCUT2D eigenvalue weighted by atomic mass is 10.0. The molecule has 11 heteroatoms. The Morgan fingerprint density at radius 3 is 2.46 bits per heavy atom. The van der Waals surface area contributed by atoms with E-state index >= 15 is 0 Å². The molecule has 1 aromatic carbocycles. The first kappa shape index (κ1) is 20.3. The number of carbonyl (C=O) groups excluding carboxylic acids is 2. The largest absolute Gasteiger partial charge is 0.504 e. The number of halogens is 3. The predicted octanol–water partition coefficient (Wildman–Crippen LogP) is 1.86. The van der Waals surface area contributed by atoms with Crippen molar-refractivity contribution in [1.29, 1.82) is 0 Å². The van der Waals surface area contributed by atoms with Gasteiger partial charge in [-0.1, -0.05) is 34.8 Å². The molecule has 1 rings (SSSR count). The lowest BCUT2D eigenvalue weighted by molar-refractivity contribution is -0.142. The number of amides is 1. The van der Waals surface area contributed by atoms with Gasteiger partial charge in [0.15, 0.2) is 11.5 Å². The highest BCUT2D eigenvalue weighted by atomic mass is 35.6. The average molecular weight is 402 g/mol. The van der Waals surface area contributed by atoms with Gasteiger partial charge in [0.05, 0.1) is 12.8 Å². The summed E-state index contributed by atoms with van der Waals surface area (Å²) in [5, 5.41) is 21.2. The highest BCUT2D eigenvalue weighted by Gasteiger charge is 2.26. The Morgan fingerprint density at radius 1 is 1.33 bits per heavy atom. The standard InChI is InChI=1S/C13H15Cl3N2O6/c1-23-11(21)8(18-12(22)24-5-13(14,15)16)3-6-2-7(17)10(20)9(19)4-6/h2,4,8,19-20H,3,5,17H2,1H3,(H,18,22)/t8-/m0/s1. The van der Waals surface area contributed by atoms with Crippen LogP contribution in [0.3, 0.4) is 0 Å². The molecule has 0 fully saturated rings. The van der Waals surface area contributed by atoms with Gasteiger partial charge in [0.1, 0.15) is 12.6 Å². The van der Waals surface area contributed by atoms with Crippen LogP contribution in [0.25, 0.3) is 0 Å². The minimum Gasteiger partial charge on any atom is -0.504 e. The number of hydrogen-bond donors (Lipinski definition) is 4. The summed E-state index contributed by atoms with van der Waals surface area (Å²) >= 11 is 16.4. The second-order valence-corrected chi connectivity index (χ2v) is 7.18. The first-order chi connectivity index (χ1) is 11.0. The van der Waals surface area contributed by atoms with Gasteiger partial charge in [-0.25, -0.2) is 9.59 Å². The van der Waals surface area contributed by atoms with Crippen molar-refractivity contribution in [2.45, 2.75) is 16.3 Å². The Balaban J connectivity index is 2.83. The number of methoxy groups -OCH3 is 1. The average Bonchev–Trinajstić information content (AvgIpc) is 2.48. The first-order valence-corrected chi connectivity index (χ1v) is 7.55. The number of rotatable bonds is 5. The highest BCUT2D eigenvalue weighted by molar-refractivity contribution is 6.67. The van der Waals surface area contributed by atoms with E-state index in [0.29, 0.717) is 5.56 Å².